The van der Waals surface area contributed by atoms with Crippen LogP contribution in [-0.2, 0) is 0 Å². The van der Waals surface area contributed by atoms with E-state index in [9.17, 15) is 10.1 Å². The van der Waals surface area contributed by atoms with Crippen molar-refractivity contribution in [1.29, 1.82) is 0 Å². The van der Waals surface area contributed by atoms with Crippen LogP contribution in [0.1, 0.15) is 37.4 Å². The number of nitrogens with zero attached hydrogens (tertiary/aromatic N) is 2. The van der Waals surface area contributed by atoms with Gasteiger partial charge in [0.25, 0.3) is 5.69 Å². The van der Waals surface area contributed by atoms with Gasteiger partial charge < -0.3 is 0 Å². The fourth-order valence-electron chi connectivity index (χ4n) is 1.73. The van der Waals surface area contributed by atoms with Crippen LogP contribution in [0.15, 0.2) is 12.3 Å². The Hall–Kier alpha value is -1.16. The van der Waals surface area contributed by atoms with E-state index in [0.29, 0.717) is 5.69 Å². The molecule has 5 heteroatoms. The summed E-state index contributed by atoms with van der Waals surface area (Å²) >= 11 is 6.03. The minimum absolute atomic E-state index is 0.0688. The third-order valence-electron chi connectivity index (χ3n) is 2.58. The second kappa shape index (κ2) is 5.25. The topological polar surface area (TPSA) is 56.0 Å². The van der Waals surface area contributed by atoms with Gasteiger partial charge >= 0.3 is 0 Å². The van der Waals surface area contributed by atoms with E-state index < -0.39 is 4.92 Å². The molecule has 2 atom stereocenters. The molecule has 0 radical (unpaired) electrons. The van der Waals surface area contributed by atoms with Crippen molar-refractivity contribution in [2.75, 3.05) is 0 Å². The van der Waals surface area contributed by atoms with Gasteiger partial charge in [-0.05, 0) is 25.8 Å². The van der Waals surface area contributed by atoms with E-state index in [1.807, 2.05) is 13.8 Å². The molecule has 0 spiro atoms. The lowest BCUT2D eigenvalue weighted by Crippen LogP contribution is -2.12. The molecule has 0 aromatic carbocycles. The Labute approximate surface area is 99.8 Å². The summed E-state index contributed by atoms with van der Waals surface area (Å²) < 4.78 is 0. The van der Waals surface area contributed by atoms with Gasteiger partial charge in [-0.25, -0.2) is 0 Å². The number of aromatic nitrogens is 1. The summed E-state index contributed by atoms with van der Waals surface area (Å²) in [6, 6.07) is 1.55. The Kier molecular flexibility index (Phi) is 4.24. The van der Waals surface area contributed by atoms with Gasteiger partial charge in [0.1, 0.15) is 5.69 Å². The van der Waals surface area contributed by atoms with E-state index in [2.05, 4.69) is 4.98 Å². The first-order valence-electron chi connectivity index (χ1n) is 5.22. The molecule has 0 amide bonds. The molecule has 0 bridgehead atoms. The average molecular weight is 243 g/mol. The van der Waals surface area contributed by atoms with Crippen molar-refractivity contribution < 1.29 is 4.92 Å². The molecule has 4 nitrogen and oxygen atoms in total. The fourth-order valence-corrected chi connectivity index (χ4v) is 2.03. The number of rotatable bonds is 4. The zero-order chi connectivity index (χ0) is 12.3. The maximum Gasteiger partial charge on any atom is 0.291 e. The normalized spacial score (nSPS) is 14.5. The number of alkyl halides is 1. The third-order valence-corrected chi connectivity index (χ3v) is 2.88. The van der Waals surface area contributed by atoms with Gasteiger partial charge in [-0.15, -0.1) is 11.6 Å². The molecule has 0 saturated carbocycles. The van der Waals surface area contributed by atoms with Gasteiger partial charge in [-0.2, -0.15) is 0 Å². The Bertz CT molecular complexity index is 394. The van der Waals surface area contributed by atoms with Gasteiger partial charge in [0.05, 0.1) is 4.92 Å². The van der Waals surface area contributed by atoms with E-state index in [4.69, 9.17) is 11.6 Å². The van der Waals surface area contributed by atoms with Crippen LogP contribution in [0.4, 0.5) is 5.69 Å². The predicted octanol–water partition coefficient (Wildman–Crippen LogP) is 3.42. The molecule has 0 aliphatic heterocycles. The Morgan fingerprint density at radius 3 is 2.69 bits per heavy atom. The molecule has 0 fully saturated rings. The summed E-state index contributed by atoms with van der Waals surface area (Å²) in [5, 5.41) is 10.8. The molecular weight excluding hydrogens is 228 g/mol. The number of hydrogen-bond donors (Lipinski definition) is 0. The van der Waals surface area contributed by atoms with Crippen molar-refractivity contribution in [2.45, 2.75) is 38.5 Å². The maximum absolute atomic E-state index is 10.9. The first-order valence-corrected chi connectivity index (χ1v) is 5.66. The van der Waals surface area contributed by atoms with Crippen LogP contribution in [0, 0.1) is 17.0 Å². The minimum Gasteiger partial charge on any atom is -0.258 e. The van der Waals surface area contributed by atoms with Crippen molar-refractivity contribution in [3.8, 4) is 0 Å². The first-order chi connectivity index (χ1) is 7.47. The zero-order valence-corrected chi connectivity index (χ0v) is 10.4. The predicted molar refractivity (Wildman–Crippen MR) is 64.0 cm³/mol. The van der Waals surface area contributed by atoms with E-state index >= 15 is 0 Å². The maximum atomic E-state index is 10.9. The number of hydrogen-bond acceptors (Lipinski definition) is 3. The molecule has 1 rings (SSSR count). The molecule has 16 heavy (non-hydrogen) atoms. The number of pyridine rings is 1. The summed E-state index contributed by atoms with van der Waals surface area (Å²) in [7, 11) is 0. The van der Waals surface area contributed by atoms with Crippen LogP contribution >= 0.6 is 11.6 Å². The molecule has 1 aromatic heterocycles. The molecule has 2 unspecified atom stereocenters. The van der Waals surface area contributed by atoms with Gasteiger partial charge in [0.15, 0.2) is 0 Å². The van der Waals surface area contributed by atoms with Crippen LogP contribution in [0.2, 0.25) is 0 Å². The van der Waals surface area contributed by atoms with Crippen LogP contribution in [0.5, 0.6) is 0 Å². The highest BCUT2D eigenvalue weighted by Gasteiger charge is 2.26. The SMILES string of the molecule is CCC(c1ncc(C)cc1[N+](=O)[O-])C(C)Cl. The molecule has 1 aromatic rings. The molecule has 0 aliphatic carbocycles. The van der Waals surface area contributed by atoms with Crippen molar-refractivity contribution in [1.82, 2.24) is 4.98 Å². The summed E-state index contributed by atoms with van der Waals surface area (Å²) in [4.78, 5) is 14.7. The highest BCUT2D eigenvalue weighted by molar-refractivity contribution is 6.20. The number of halogens is 1. The van der Waals surface area contributed by atoms with Crippen molar-refractivity contribution >= 4 is 17.3 Å². The number of nitro groups is 1. The Balaban J connectivity index is 3.26. The van der Waals surface area contributed by atoms with Crippen molar-refractivity contribution in [3.05, 3.63) is 33.6 Å². The smallest absolute Gasteiger partial charge is 0.258 e. The third kappa shape index (κ3) is 2.70. The highest BCUT2D eigenvalue weighted by atomic mass is 35.5. The molecule has 88 valence electrons. The molecule has 0 saturated heterocycles. The summed E-state index contributed by atoms with van der Waals surface area (Å²) in [6.45, 7) is 5.57. The van der Waals surface area contributed by atoms with E-state index in [0.717, 1.165) is 12.0 Å². The van der Waals surface area contributed by atoms with Gasteiger partial charge in [0, 0.05) is 23.6 Å². The largest absolute Gasteiger partial charge is 0.291 e. The number of aryl methyl sites for hydroxylation is 1. The Morgan fingerprint density at radius 1 is 1.62 bits per heavy atom. The second-order valence-corrected chi connectivity index (χ2v) is 4.55. The average Bonchev–Trinajstić information content (AvgIpc) is 2.20. The van der Waals surface area contributed by atoms with E-state index in [1.165, 1.54) is 0 Å². The first kappa shape index (κ1) is 12.9. The van der Waals surface area contributed by atoms with Crippen LogP contribution in [0.3, 0.4) is 0 Å². The highest BCUT2D eigenvalue weighted by Crippen LogP contribution is 2.32. The Morgan fingerprint density at radius 2 is 2.25 bits per heavy atom. The molecule has 1 heterocycles. The molecular formula is C11H15ClN2O2. The minimum atomic E-state index is -0.392. The van der Waals surface area contributed by atoms with Crippen molar-refractivity contribution in [2.24, 2.45) is 0 Å². The van der Waals surface area contributed by atoms with E-state index in [1.54, 1.807) is 19.2 Å². The quantitative estimate of drug-likeness (QED) is 0.462. The van der Waals surface area contributed by atoms with Crippen LogP contribution in [0.25, 0.3) is 0 Å². The lowest BCUT2D eigenvalue weighted by molar-refractivity contribution is -0.386. The van der Waals surface area contributed by atoms with Crippen molar-refractivity contribution in [3.63, 3.8) is 0 Å². The van der Waals surface area contributed by atoms with Gasteiger partial charge in [-0.3, -0.25) is 15.1 Å². The monoisotopic (exact) mass is 242 g/mol. The summed E-state index contributed by atoms with van der Waals surface area (Å²) in [5.74, 6) is -0.0809. The van der Waals surface area contributed by atoms with E-state index in [-0.39, 0.29) is 17.0 Å². The molecule has 0 N–H and O–H groups in total. The summed E-state index contributed by atoms with van der Waals surface area (Å²) in [5.41, 5.74) is 1.34. The van der Waals surface area contributed by atoms with Gasteiger partial charge in [0.2, 0.25) is 0 Å². The molecule has 0 aliphatic rings. The van der Waals surface area contributed by atoms with Crippen LogP contribution in [-0.4, -0.2) is 15.3 Å². The van der Waals surface area contributed by atoms with Gasteiger partial charge in [-0.1, -0.05) is 6.92 Å². The zero-order valence-electron chi connectivity index (χ0n) is 9.61. The summed E-state index contributed by atoms with van der Waals surface area (Å²) in [6.07, 6.45) is 2.38. The van der Waals surface area contributed by atoms with Crippen LogP contribution < -0.4 is 0 Å². The lowest BCUT2D eigenvalue weighted by Gasteiger charge is -2.16. The second-order valence-electron chi connectivity index (χ2n) is 3.87. The lowest BCUT2D eigenvalue weighted by atomic mass is 9.96. The standard InChI is InChI=1S/C11H15ClN2O2/c1-4-9(8(3)12)11-10(14(15)16)5-7(2)6-13-11/h5-6,8-9H,4H2,1-3H3. The fraction of sp³-hybridized carbons (Fsp3) is 0.545.